The predicted octanol–water partition coefficient (Wildman–Crippen LogP) is 29.7. The van der Waals surface area contributed by atoms with E-state index in [1.807, 2.05) is 26.0 Å². The van der Waals surface area contributed by atoms with E-state index in [9.17, 15) is 43.9 Å². The van der Waals surface area contributed by atoms with Gasteiger partial charge in [0.15, 0.2) is 0 Å². The van der Waals surface area contributed by atoms with E-state index in [0.717, 1.165) is 53.5 Å². The Morgan fingerprint density at radius 3 is 0.859 bits per heavy atom. The van der Waals surface area contributed by atoms with Crippen LogP contribution >= 0.6 is 0 Å². The molecule has 0 heterocycles. The minimum atomic E-state index is -4.77. The van der Waals surface area contributed by atoms with Crippen molar-refractivity contribution in [1.29, 1.82) is 0 Å². The molecule has 526 valence electrons. The van der Waals surface area contributed by atoms with Gasteiger partial charge in [0, 0.05) is 18.3 Å². The van der Waals surface area contributed by atoms with E-state index < -0.39 is 41.1 Å². The minimum absolute atomic E-state index is 0.0205. The molecule has 7 rings (SSSR count). The van der Waals surface area contributed by atoms with Crippen LogP contribution in [0.2, 0.25) is 0 Å². The van der Waals surface area contributed by atoms with Gasteiger partial charge in [-0.15, -0.1) is 0 Å². The molecule has 1 fully saturated rings. The molecule has 0 aliphatic heterocycles. The number of benzene rings is 6. The maximum atomic E-state index is 12.4. The van der Waals surface area contributed by atoms with Gasteiger partial charge in [-0.2, -0.15) is 39.5 Å². The molecular weight excluding hydrogens is 1200 g/mol. The van der Waals surface area contributed by atoms with Crippen molar-refractivity contribution in [2.24, 2.45) is 23.7 Å². The topological polar surface area (TPSA) is 0 Å². The summed E-state index contributed by atoms with van der Waals surface area (Å²) in [6.45, 7) is 46.8. The molecule has 0 atom stereocenters. The van der Waals surface area contributed by atoms with Crippen LogP contribution in [0.1, 0.15) is 274 Å². The molecule has 14 heteroatoms. The summed E-state index contributed by atoms with van der Waals surface area (Å²) in [5.41, 5.74) is 6.27. The zero-order chi connectivity index (χ0) is 72.5. The summed E-state index contributed by atoms with van der Waals surface area (Å²) in [6, 6.07) is 45.2. The Balaban J connectivity index is -0.000000311. The average Bonchev–Trinajstić information content (AvgIpc) is 0.828. The van der Waals surface area contributed by atoms with Crippen molar-refractivity contribution in [2.45, 2.75) is 245 Å². The van der Waals surface area contributed by atoms with E-state index in [1.165, 1.54) is 97.9 Å². The van der Waals surface area contributed by atoms with Gasteiger partial charge in [0.1, 0.15) is 0 Å². The Labute approximate surface area is 548 Å². The second kappa shape index (κ2) is 53.7. The molecule has 0 N–H and O–H groups in total. The molecule has 0 amide bonds. The Morgan fingerprint density at radius 1 is 0.348 bits per heavy atom. The summed E-state index contributed by atoms with van der Waals surface area (Å²) in [4.78, 5) is 0. The molecule has 6 aromatic carbocycles. The van der Waals surface area contributed by atoms with Crippen LogP contribution in [-0.2, 0) is 18.5 Å². The number of hydrogen-bond donors (Lipinski definition) is 0. The number of hydrogen-bond acceptors (Lipinski definition) is 0. The number of aryl methyl sites for hydroxylation is 2. The van der Waals surface area contributed by atoms with Gasteiger partial charge in [-0.25, -0.2) is 0 Å². The van der Waals surface area contributed by atoms with E-state index in [0.29, 0.717) is 30.8 Å². The third-order valence-corrected chi connectivity index (χ3v) is 14.1. The highest BCUT2D eigenvalue weighted by molar-refractivity contribution is 5.35. The second-order valence-electron chi connectivity index (χ2n) is 25.7. The molecular formula is C78H116F14. The van der Waals surface area contributed by atoms with Crippen molar-refractivity contribution in [3.05, 3.63) is 213 Å². The summed E-state index contributed by atoms with van der Waals surface area (Å²) < 4.78 is 152. The first-order valence-electron chi connectivity index (χ1n) is 32.1. The maximum absolute atomic E-state index is 12.4. The van der Waals surface area contributed by atoms with Crippen LogP contribution < -0.4 is 0 Å². The molecule has 6 aromatic rings. The monoisotopic (exact) mass is 1320 g/mol. The lowest BCUT2D eigenvalue weighted by molar-refractivity contribution is -0.143. The van der Waals surface area contributed by atoms with Gasteiger partial charge >= 0.3 is 18.5 Å². The smallest absolute Gasteiger partial charge is 0.255 e. The standard InChI is InChI=1S/C11H10F6.C10H11F3.2C10H14.C9H18.2C9H12.C5H12.C4H10.CH3F.2F2/c1-6(2)7-3-8(10(12,13)14)5-9(4-7)11(15,16)17;1-7(2)8-3-5-9(6-4-8)10(11,12)13;1-8(2)10-6-4-9(3)5-7-10;1-8(2)10-7-5-4-6-9(10)3;3*1-8(2)9-6-4-3-5-7-9;1-4-5(2)3;1-4(2)3;3*1-2/h3-6H,1-2H3;3-7H,1-2H3;2*4-8H,1-3H3;8-9H,3-7H2,1-2H3;2*3-8H,1-2H3;5H,4H2,1-3H3;4H,1-3H3;1H3;;. The molecule has 1 aliphatic rings. The fraction of sp³-hybridized carbons (Fsp3) is 0.538. The van der Waals surface area contributed by atoms with Crippen molar-refractivity contribution in [3.63, 3.8) is 0 Å². The van der Waals surface area contributed by atoms with Crippen molar-refractivity contribution >= 4 is 0 Å². The summed E-state index contributed by atoms with van der Waals surface area (Å²) in [7, 11) is 0.500. The molecule has 0 radical (unpaired) electrons. The maximum Gasteiger partial charge on any atom is 0.416 e. The summed E-state index contributed by atoms with van der Waals surface area (Å²) >= 11 is 0. The van der Waals surface area contributed by atoms with Gasteiger partial charge in [0.25, 0.3) is 0 Å². The molecule has 0 saturated heterocycles. The molecule has 92 heavy (non-hydrogen) atoms. The van der Waals surface area contributed by atoms with E-state index >= 15 is 0 Å². The van der Waals surface area contributed by atoms with Crippen LogP contribution in [0.3, 0.4) is 0 Å². The van der Waals surface area contributed by atoms with Crippen LogP contribution in [0.5, 0.6) is 0 Å². The molecule has 0 spiro atoms. The van der Waals surface area contributed by atoms with Crippen LogP contribution in [0.15, 0.2) is 152 Å². The van der Waals surface area contributed by atoms with Crippen LogP contribution in [0, 0.1) is 37.5 Å². The third-order valence-electron chi connectivity index (χ3n) is 14.1. The average molecular weight is 1320 g/mol. The quantitative estimate of drug-likeness (QED) is 0.133. The summed E-state index contributed by atoms with van der Waals surface area (Å²) in [6.07, 6.45) is -5.00. The van der Waals surface area contributed by atoms with Crippen LogP contribution in [0.4, 0.5) is 62.2 Å². The lowest BCUT2D eigenvalue weighted by Crippen LogP contribution is -2.12. The number of alkyl halides is 10. The van der Waals surface area contributed by atoms with Crippen LogP contribution in [-0.4, -0.2) is 7.18 Å². The molecule has 0 bridgehead atoms. The Hall–Kier alpha value is -5.66. The van der Waals surface area contributed by atoms with Gasteiger partial charge in [-0.05, 0) is 142 Å². The predicted molar refractivity (Wildman–Crippen MR) is 366 cm³/mol. The van der Waals surface area contributed by atoms with Gasteiger partial charge in [-0.1, -0.05) is 304 Å². The fourth-order valence-corrected chi connectivity index (χ4v) is 8.03. The highest BCUT2D eigenvalue weighted by Crippen LogP contribution is 2.38. The fourth-order valence-electron chi connectivity index (χ4n) is 8.03. The van der Waals surface area contributed by atoms with Crippen LogP contribution in [0.25, 0.3) is 0 Å². The number of halogens is 14. The molecule has 0 unspecified atom stereocenters. The van der Waals surface area contributed by atoms with Gasteiger partial charge in [-0.3, -0.25) is 4.39 Å². The van der Waals surface area contributed by atoms with Gasteiger partial charge in [0.2, 0.25) is 0 Å². The first-order chi connectivity index (χ1) is 42.8. The zero-order valence-corrected chi connectivity index (χ0v) is 59.7. The second-order valence-corrected chi connectivity index (χ2v) is 25.7. The van der Waals surface area contributed by atoms with Crippen molar-refractivity contribution in [2.75, 3.05) is 7.18 Å². The van der Waals surface area contributed by atoms with E-state index in [4.69, 9.17) is 18.3 Å². The Kier molecular flexibility index (Phi) is 55.5. The van der Waals surface area contributed by atoms with Crippen molar-refractivity contribution < 1.29 is 62.2 Å². The molecule has 1 aliphatic carbocycles. The Bertz CT molecular complexity index is 2490. The van der Waals surface area contributed by atoms with E-state index in [1.54, 1.807) is 0 Å². The van der Waals surface area contributed by atoms with E-state index in [-0.39, 0.29) is 17.5 Å². The summed E-state index contributed by atoms with van der Waals surface area (Å²) in [5.74, 6) is 6.19. The van der Waals surface area contributed by atoms with Crippen molar-refractivity contribution in [3.8, 4) is 0 Å². The number of rotatable bonds is 8. The van der Waals surface area contributed by atoms with Gasteiger partial charge < -0.3 is 0 Å². The minimum Gasteiger partial charge on any atom is -0.255 e. The zero-order valence-electron chi connectivity index (χ0n) is 59.7. The normalized spacial score (nSPS) is 11.8. The molecule has 0 aromatic heterocycles. The highest BCUT2D eigenvalue weighted by Gasteiger charge is 2.37. The first-order valence-corrected chi connectivity index (χ1v) is 32.1. The lowest BCUT2D eigenvalue weighted by atomic mass is 9.82. The lowest BCUT2D eigenvalue weighted by Gasteiger charge is -2.24. The summed E-state index contributed by atoms with van der Waals surface area (Å²) in [5, 5.41) is 0. The van der Waals surface area contributed by atoms with Crippen molar-refractivity contribution in [1.82, 2.24) is 0 Å². The largest absolute Gasteiger partial charge is 0.416 e. The third kappa shape index (κ3) is 49.0. The highest BCUT2D eigenvalue weighted by atomic mass is 20.0. The first kappa shape index (κ1) is 95.0. The molecule has 0 nitrogen and oxygen atoms in total. The van der Waals surface area contributed by atoms with Gasteiger partial charge in [0.05, 0.1) is 23.9 Å². The Morgan fingerprint density at radius 2 is 0.630 bits per heavy atom. The molecule has 1 saturated carbocycles. The van der Waals surface area contributed by atoms with E-state index in [2.05, 4.69) is 222 Å². The SMILES string of the molecule is CC(C)C.CC(C)C1CCCCC1.CC(C)c1cc(C(F)(F)F)cc(C(F)(F)F)c1.CC(C)c1ccc(C(F)(F)F)cc1.CC(C)c1ccccc1.CC(C)c1ccccc1.CCC(C)C.CF.Cc1ccc(C(C)C)cc1.Cc1ccccc1C(C)C.FF.FF.